The van der Waals surface area contributed by atoms with Crippen molar-refractivity contribution in [1.82, 2.24) is 15.0 Å². The second-order valence-corrected chi connectivity index (χ2v) is 8.99. The fourth-order valence-electron chi connectivity index (χ4n) is 3.16. The van der Waals surface area contributed by atoms with E-state index in [0.29, 0.717) is 47.9 Å². The Morgan fingerprint density at radius 2 is 1.74 bits per heavy atom. The van der Waals surface area contributed by atoms with Gasteiger partial charge in [-0.25, -0.2) is 13.4 Å². The number of H-pyrrole nitrogens is 1. The van der Waals surface area contributed by atoms with E-state index in [0.717, 1.165) is 5.56 Å². The molecule has 0 aliphatic rings. The Morgan fingerprint density at radius 3 is 2.55 bits per heavy atom. The van der Waals surface area contributed by atoms with E-state index in [1.807, 2.05) is 42.5 Å². The van der Waals surface area contributed by atoms with Crippen LogP contribution in [0, 0.1) is 6.92 Å². The standard InChI is InChI=1S/C23H23N3O4S/c1-17-21(16-31(27,28)23-25-19-9-5-6-10-20(19)26-23)24-12-11-22(17)30-14-13-29-15-18-7-3-2-4-8-18/h2-12H,13-16H2,1H3,(H,25,26). The summed E-state index contributed by atoms with van der Waals surface area (Å²) in [5.41, 5.74) is 3.51. The predicted molar refractivity (Wildman–Crippen MR) is 118 cm³/mol. The number of nitrogens with one attached hydrogen (secondary N) is 1. The maximum absolute atomic E-state index is 12.9. The van der Waals surface area contributed by atoms with Gasteiger partial charge in [-0.15, -0.1) is 0 Å². The summed E-state index contributed by atoms with van der Waals surface area (Å²) in [5, 5.41) is -0.0597. The molecule has 2 aromatic carbocycles. The molecular formula is C23H23N3O4S. The van der Waals surface area contributed by atoms with Gasteiger partial charge in [0, 0.05) is 11.8 Å². The molecule has 7 nitrogen and oxygen atoms in total. The zero-order valence-corrected chi connectivity index (χ0v) is 17.9. The summed E-state index contributed by atoms with van der Waals surface area (Å²) < 4.78 is 37.2. The Balaban J connectivity index is 1.38. The number of rotatable bonds is 9. The van der Waals surface area contributed by atoms with Crippen molar-refractivity contribution in [2.45, 2.75) is 24.4 Å². The summed E-state index contributed by atoms with van der Waals surface area (Å²) in [5.74, 6) is 0.327. The van der Waals surface area contributed by atoms with Crippen LogP contribution in [0.1, 0.15) is 16.8 Å². The monoisotopic (exact) mass is 437 g/mol. The first kappa shape index (κ1) is 21.0. The molecule has 4 aromatic rings. The second kappa shape index (κ2) is 9.28. The SMILES string of the molecule is Cc1c(OCCOCc2ccccc2)ccnc1CS(=O)(=O)c1nc2ccccc2[nH]1. The Kier molecular flexibility index (Phi) is 6.29. The zero-order chi connectivity index (χ0) is 21.7. The molecule has 0 atom stereocenters. The molecule has 2 aromatic heterocycles. The first-order valence-electron chi connectivity index (χ1n) is 9.89. The Hall–Kier alpha value is -3.23. The number of aromatic amines is 1. The van der Waals surface area contributed by atoms with Crippen LogP contribution in [-0.4, -0.2) is 36.6 Å². The molecule has 0 saturated heterocycles. The predicted octanol–water partition coefficient (Wildman–Crippen LogP) is 3.84. The molecule has 1 N–H and O–H groups in total. The van der Waals surface area contributed by atoms with Gasteiger partial charge in [0.2, 0.25) is 15.0 Å². The van der Waals surface area contributed by atoms with E-state index >= 15 is 0 Å². The fourth-order valence-corrected chi connectivity index (χ4v) is 4.45. The van der Waals surface area contributed by atoms with Crippen LogP contribution in [-0.2, 0) is 26.9 Å². The quantitative estimate of drug-likeness (QED) is 0.400. The highest BCUT2D eigenvalue weighted by molar-refractivity contribution is 7.90. The minimum atomic E-state index is -3.68. The van der Waals surface area contributed by atoms with Crippen LogP contribution in [0.5, 0.6) is 5.75 Å². The molecule has 0 amide bonds. The van der Waals surface area contributed by atoms with Crippen LogP contribution in [0.2, 0.25) is 0 Å². The van der Waals surface area contributed by atoms with Gasteiger partial charge in [-0.05, 0) is 30.7 Å². The van der Waals surface area contributed by atoms with Gasteiger partial charge >= 0.3 is 0 Å². The molecule has 0 aliphatic carbocycles. The lowest BCUT2D eigenvalue weighted by atomic mass is 10.2. The second-order valence-electron chi connectivity index (χ2n) is 7.09. The highest BCUT2D eigenvalue weighted by atomic mass is 32.2. The molecular weight excluding hydrogens is 414 g/mol. The minimum absolute atomic E-state index is 0.0597. The normalized spacial score (nSPS) is 11.6. The number of nitrogens with zero attached hydrogens (tertiary/aromatic N) is 2. The van der Waals surface area contributed by atoms with Gasteiger partial charge in [0.1, 0.15) is 18.1 Å². The van der Waals surface area contributed by atoms with Gasteiger partial charge in [0.15, 0.2) is 0 Å². The molecule has 0 fully saturated rings. The minimum Gasteiger partial charge on any atom is -0.491 e. The number of pyridine rings is 1. The van der Waals surface area contributed by atoms with Crippen molar-refractivity contribution in [2.24, 2.45) is 0 Å². The molecule has 8 heteroatoms. The van der Waals surface area contributed by atoms with Gasteiger partial charge in [-0.1, -0.05) is 42.5 Å². The summed E-state index contributed by atoms with van der Waals surface area (Å²) in [7, 11) is -3.68. The lowest BCUT2D eigenvalue weighted by Crippen LogP contribution is -2.11. The molecule has 0 unspecified atom stereocenters. The number of hydrogen-bond acceptors (Lipinski definition) is 6. The number of fused-ring (bicyclic) bond motifs is 1. The maximum atomic E-state index is 12.9. The number of sulfone groups is 1. The molecule has 0 spiro atoms. The highest BCUT2D eigenvalue weighted by Gasteiger charge is 2.22. The van der Waals surface area contributed by atoms with Crippen LogP contribution < -0.4 is 4.74 Å². The third-order valence-corrected chi connectivity index (χ3v) is 6.28. The van der Waals surface area contributed by atoms with Gasteiger partial charge in [0.05, 0.1) is 29.9 Å². The van der Waals surface area contributed by atoms with Crippen LogP contribution in [0.4, 0.5) is 0 Å². The van der Waals surface area contributed by atoms with Crippen molar-refractivity contribution in [1.29, 1.82) is 0 Å². The summed E-state index contributed by atoms with van der Waals surface area (Å²) in [6.07, 6.45) is 1.55. The van der Waals surface area contributed by atoms with Crippen LogP contribution in [0.15, 0.2) is 72.0 Å². The van der Waals surface area contributed by atoms with E-state index in [1.165, 1.54) is 0 Å². The first-order chi connectivity index (χ1) is 15.0. The van der Waals surface area contributed by atoms with Crippen molar-refractivity contribution in [3.05, 3.63) is 83.7 Å². The molecule has 0 bridgehead atoms. The molecule has 0 radical (unpaired) electrons. The molecule has 4 rings (SSSR count). The average Bonchev–Trinajstić information content (AvgIpc) is 3.22. The summed E-state index contributed by atoms with van der Waals surface area (Å²) in [6, 6.07) is 18.8. The lowest BCUT2D eigenvalue weighted by molar-refractivity contribution is 0.0886. The molecule has 2 heterocycles. The number of imidazole rings is 1. The fraction of sp³-hybridized carbons (Fsp3) is 0.217. The topological polar surface area (TPSA) is 94.2 Å². The largest absolute Gasteiger partial charge is 0.491 e. The van der Waals surface area contributed by atoms with Crippen molar-refractivity contribution in [2.75, 3.05) is 13.2 Å². The van der Waals surface area contributed by atoms with Crippen molar-refractivity contribution in [3.63, 3.8) is 0 Å². The number of hydrogen-bond donors (Lipinski definition) is 1. The van der Waals surface area contributed by atoms with Crippen LogP contribution >= 0.6 is 0 Å². The number of benzene rings is 2. The molecule has 160 valence electrons. The van der Waals surface area contributed by atoms with E-state index < -0.39 is 9.84 Å². The Morgan fingerprint density at radius 1 is 0.968 bits per heavy atom. The van der Waals surface area contributed by atoms with E-state index in [4.69, 9.17) is 9.47 Å². The number of ether oxygens (including phenoxy) is 2. The number of aromatic nitrogens is 3. The van der Waals surface area contributed by atoms with Gasteiger partial charge in [0.25, 0.3) is 0 Å². The van der Waals surface area contributed by atoms with E-state index in [1.54, 1.807) is 31.3 Å². The Bertz CT molecular complexity index is 1240. The van der Waals surface area contributed by atoms with E-state index in [-0.39, 0.29) is 10.9 Å². The maximum Gasteiger partial charge on any atom is 0.226 e. The van der Waals surface area contributed by atoms with Crippen molar-refractivity contribution >= 4 is 20.9 Å². The van der Waals surface area contributed by atoms with Gasteiger partial charge < -0.3 is 14.5 Å². The lowest BCUT2D eigenvalue weighted by Gasteiger charge is -2.12. The first-order valence-corrected chi connectivity index (χ1v) is 11.5. The highest BCUT2D eigenvalue weighted by Crippen LogP contribution is 2.24. The van der Waals surface area contributed by atoms with Gasteiger partial charge in [-0.3, -0.25) is 4.98 Å². The Labute approximate surface area is 181 Å². The van der Waals surface area contributed by atoms with Crippen molar-refractivity contribution < 1.29 is 17.9 Å². The van der Waals surface area contributed by atoms with E-state index in [2.05, 4.69) is 15.0 Å². The summed E-state index contributed by atoms with van der Waals surface area (Å²) in [4.78, 5) is 11.3. The third kappa shape index (κ3) is 5.10. The number of para-hydroxylation sites is 2. The van der Waals surface area contributed by atoms with Gasteiger partial charge in [-0.2, -0.15) is 0 Å². The average molecular weight is 438 g/mol. The summed E-state index contributed by atoms with van der Waals surface area (Å²) >= 11 is 0. The van der Waals surface area contributed by atoms with E-state index in [9.17, 15) is 8.42 Å². The molecule has 0 saturated carbocycles. The third-order valence-electron chi connectivity index (χ3n) is 4.84. The smallest absolute Gasteiger partial charge is 0.226 e. The zero-order valence-electron chi connectivity index (χ0n) is 17.1. The molecule has 0 aliphatic heterocycles. The van der Waals surface area contributed by atoms with Crippen molar-refractivity contribution in [3.8, 4) is 5.75 Å². The van der Waals surface area contributed by atoms with Crippen LogP contribution in [0.25, 0.3) is 11.0 Å². The summed E-state index contributed by atoms with van der Waals surface area (Å²) in [6.45, 7) is 3.09. The molecule has 31 heavy (non-hydrogen) atoms. The van der Waals surface area contributed by atoms with Crippen LogP contribution in [0.3, 0.4) is 0 Å².